The van der Waals surface area contributed by atoms with Gasteiger partial charge in [-0.25, -0.2) is 4.79 Å². The number of para-hydroxylation sites is 1. The number of carbonyl (C=O) groups is 1. The maximum absolute atomic E-state index is 11.8. The minimum Gasteiger partial charge on any atom is -0.388 e. The average molecular weight is 337 g/mol. The van der Waals surface area contributed by atoms with Gasteiger partial charge in [0, 0.05) is 30.7 Å². The Kier molecular flexibility index (Phi) is 5.69. The van der Waals surface area contributed by atoms with Gasteiger partial charge in [0.05, 0.1) is 6.10 Å². The summed E-state index contributed by atoms with van der Waals surface area (Å²) in [5.74, 6) is 0. The summed E-state index contributed by atoms with van der Waals surface area (Å²) in [6.45, 7) is 0.980. The van der Waals surface area contributed by atoms with E-state index in [1.54, 1.807) is 0 Å². The fraction of sp³-hybridized carbons (Fsp3) is 0.250. The van der Waals surface area contributed by atoms with E-state index in [1.165, 1.54) is 5.39 Å². The summed E-state index contributed by atoms with van der Waals surface area (Å²) in [5.41, 5.74) is 3.07. The SMILES string of the molecule is O=C(NCCc1cc2ccccc2[nH]1)NCCC(O)c1ccccc1. The minimum atomic E-state index is -0.562. The van der Waals surface area contributed by atoms with Crippen LogP contribution in [0.15, 0.2) is 60.7 Å². The second-order valence-electron chi connectivity index (χ2n) is 6.03. The maximum atomic E-state index is 11.8. The van der Waals surface area contributed by atoms with E-state index in [-0.39, 0.29) is 6.03 Å². The van der Waals surface area contributed by atoms with Crippen molar-refractivity contribution in [2.45, 2.75) is 18.9 Å². The molecule has 1 unspecified atom stereocenters. The number of amides is 2. The van der Waals surface area contributed by atoms with Crippen molar-refractivity contribution >= 4 is 16.9 Å². The number of H-pyrrole nitrogens is 1. The molecule has 1 heterocycles. The van der Waals surface area contributed by atoms with Gasteiger partial charge in [0.15, 0.2) is 0 Å². The number of urea groups is 1. The molecule has 5 heteroatoms. The van der Waals surface area contributed by atoms with Gasteiger partial charge >= 0.3 is 6.03 Å². The molecule has 2 amide bonds. The van der Waals surface area contributed by atoms with Gasteiger partial charge < -0.3 is 20.7 Å². The summed E-state index contributed by atoms with van der Waals surface area (Å²) in [6.07, 6.45) is 0.668. The van der Waals surface area contributed by atoms with E-state index >= 15 is 0 Å². The van der Waals surface area contributed by atoms with E-state index in [4.69, 9.17) is 0 Å². The second kappa shape index (κ2) is 8.35. The van der Waals surface area contributed by atoms with Crippen LogP contribution in [0.4, 0.5) is 4.79 Å². The summed E-state index contributed by atoms with van der Waals surface area (Å²) < 4.78 is 0. The zero-order valence-electron chi connectivity index (χ0n) is 14.0. The maximum Gasteiger partial charge on any atom is 0.314 e. The minimum absolute atomic E-state index is 0.212. The lowest BCUT2D eigenvalue weighted by atomic mass is 10.1. The zero-order chi connectivity index (χ0) is 17.5. The molecule has 3 rings (SSSR count). The van der Waals surface area contributed by atoms with E-state index in [1.807, 2.05) is 48.5 Å². The lowest BCUT2D eigenvalue weighted by Gasteiger charge is -2.12. The molecular weight excluding hydrogens is 314 g/mol. The number of aliphatic hydroxyl groups excluding tert-OH is 1. The van der Waals surface area contributed by atoms with E-state index < -0.39 is 6.10 Å². The largest absolute Gasteiger partial charge is 0.388 e. The highest BCUT2D eigenvalue weighted by atomic mass is 16.3. The Bertz CT molecular complexity index is 781. The van der Waals surface area contributed by atoms with Crippen LogP contribution in [0, 0.1) is 0 Å². The standard InChI is InChI=1S/C20H23N3O2/c24-19(15-6-2-1-3-7-15)11-13-22-20(25)21-12-10-17-14-16-8-4-5-9-18(16)23-17/h1-9,14,19,23-24H,10-13H2,(H2,21,22,25). The molecule has 2 aromatic carbocycles. The van der Waals surface area contributed by atoms with Crippen molar-refractivity contribution in [1.82, 2.24) is 15.6 Å². The van der Waals surface area contributed by atoms with Crippen LogP contribution in [0.1, 0.15) is 23.8 Å². The number of carbonyl (C=O) groups excluding carboxylic acids is 1. The van der Waals surface area contributed by atoms with Crippen molar-refractivity contribution in [1.29, 1.82) is 0 Å². The van der Waals surface area contributed by atoms with E-state index in [0.29, 0.717) is 19.5 Å². The van der Waals surface area contributed by atoms with Gasteiger partial charge in [0.2, 0.25) is 0 Å². The predicted octanol–water partition coefficient (Wildman–Crippen LogP) is 3.13. The number of aromatic nitrogens is 1. The van der Waals surface area contributed by atoms with Gasteiger partial charge in [-0.15, -0.1) is 0 Å². The Morgan fingerprint density at radius 1 is 1.00 bits per heavy atom. The van der Waals surface area contributed by atoms with Crippen LogP contribution in [0.3, 0.4) is 0 Å². The summed E-state index contributed by atoms with van der Waals surface area (Å²) in [5, 5.41) is 16.8. The number of rotatable bonds is 7. The van der Waals surface area contributed by atoms with Crippen molar-refractivity contribution in [3.63, 3.8) is 0 Å². The first-order valence-electron chi connectivity index (χ1n) is 8.54. The highest BCUT2D eigenvalue weighted by Gasteiger charge is 2.07. The molecule has 0 aliphatic carbocycles. The number of fused-ring (bicyclic) bond motifs is 1. The Morgan fingerprint density at radius 3 is 2.52 bits per heavy atom. The first-order chi connectivity index (χ1) is 12.2. The average Bonchev–Trinajstić information content (AvgIpc) is 3.05. The molecule has 0 spiro atoms. The van der Waals surface area contributed by atoms with Crippen LogP contribution in [0.5, 0.6) is 0 Å². The second-order valence-corrected chi connectivity index (χ2v) is 6.03. The molecule has 0 fully saturated rings. The molecule has 25 heavy (non-hydrogen) atoms. The fourth-order valence-corrected chi connectivity index (χ4v) is 2.81. The summed E-state index contributed by atoms with van der Waals surface area (Å²) in [4.78, 5) is 15.2. The van der Waals surface area contributed by atoms with Gasteiger partial charge in [0.1, 0.15) is 0 Å². The van der Waals surface area contributed by atoms with Crippen molar-refractivity contribution in [2.24, 2.45) is 0 Å². The van der Waals surface area contributed by atoms with Crippen molar-refractivity contribution in [3.05, 3.63) is 71.9 Å². The first-order valence-corrected chi connectivity index (χ1v) is 8.54. The van der Waals surface area contributed by atoms with Gasteiger partial charge in [0.25, 0.3) is 0 Å². The van der Waals surface area contributed by atoms with E-state index in [0.717, 1.165) is 23.2 Å². The predicted molar refractivity (Wildman–Crippen MR) is 99.4 cm³/mol. The van der Waals surface area contributed by atoms with Crippen LogP contribution in [-0.2, 0) is 6.42 Å². The molecule has 1 atom stereocenters. The van der Waals surface area contributed by atoms with E-state index in [2.05, 4.69) is 27.8 Å². The molecule has 0 radical (unpaired) electrons. The van der Waals surface area contributed by atoms with Crippen molar-refractivity contribution in [2.75, 3.05) is 13.1 Å². The Labute approximate surface area is 147 Å². The lowest BCUT2D eigenvalue weighted by Crippen LogP contribution is -2.37. The Balaban J connectivity index is 1.35. The third kappa shape index (κ3) is 4.84. The van der Waals surface area contributed by atoms with Crippen LogP contribution in [0.25, 0.3) is 10.9 Å². The van der Waals surface area contributed by atoms with E-state index in [9.17, 15) is 9.90 Å². The quantitative estimate of drug-likeness (QED) is 0.534. The van der Waals surface area contributed by atoms with Gasteiger partial charge in [-0.1, -0.05) is 48.5 Å². The molecule has 0 aliphatic rings. The number of aromatic amines is 1. The normalized spacial score (nSPS) is 12.0. The van der Waals surface area contributed by atoms with Gasteiger partial charge in [-0.2, -0.15) is 0 Å². The lowest BCUT2D eigenvalue weighted by molar-refractivity contribution is 0.167. The Hall–Kier alpha value is -2.79. The number of aliphatic hydroxyl groups is 1. The molecule has 1 aromatic heterocycles. The summed E-state index contributed by atoms with van der Waals surface area (Å²) in [6, 6.07) is 19.5. The van der Waals surface area contributed by atoms with Crippen molar-refractivity contribution in [3.8, 4) is 0 Å². The fourth-order valence-electron chi connectivity index (χ4n) is 2.81. The third-order valence-electron chi connectivity index (χ3n) is 4.15. The molecule has 3 aromatic rings. The summed E-state index contributed by atoms with van der Waals surface area (Å²) >= 11 is 0. The molecule has 0 bridgehead atoms. The number of hydrogen-bond donors (Lipinski definition) is 4. The number of hydrogen-bond acceptors (Lipinski definition) is 2. The van der Waals surface area contributed by atoms with Gasteiger partial charge in [-0.05, 0) is 29.5 Å². The Morgan fingerprint density at radius 2 is 1.72 bits per heavy atom. The number of nitrogens with one attached hydrogen (secondary N) is 3. The zero-order valence-corrected chi connectivity index (χ0v) is 14.0. The topological polar surface area (TPSA) is 77.2 Å². The molecule has 4 N–H and O–H groups in total. The highest BCUT2D eigenvalue weighted by Crippen LogP contribution is 2.15. The smallest absolute Gasteiger partial charge is 0.314 e. The van der Waals surface area contributed by atoms with Crippen LogP contribution in [-0.4, -0.2) is 29.2 Å². The van der Waals surface area contributed by atoms with Crippen LogP contribution in [0.2, 0.25) is 0 Å². The third-order valence-corrected chi connectivity index (χ3v) is 4.15. The van der Waals surface area contributed by atoms with Crippen LogP contribution < -0.4 is 10.6 Å². The first kappa shape index (κ1) is 17.0. The molecule has 130 valence electrons. The molecule has 5 nitrogen and oxygen atoms in total. The van der Waals surface area contributed by atoms with Gasteiger partial charge in [-0.3, -0.25) is 0 Å². The van der Waals surface area contributed by atoms with Crippen LogP contribution >= 0.6 is 0 Å². The summed E-state index contributed by atoms with van der Waals surface area (Å²) in [7, 11) is 0. The molecular formula is C20H23N3O2. The highest BCUT2D eigenvalue weighted by molar-refractivity contribution is 5.80. The molecule has 0 saturated heterocycles. The monoisotopic (exact) mass is 337 g/mol. The number of benzene rings is 2. The van der Waals surface area contributed by atoms with Crippen molar-refractivity contribution < 1.29 is 9.90 Å². The molecule has 0 saturated carbocycles. The molecule has 0 aliphatic heterocycles.